The number of anilines is 2. The van der Waals surface area contributed by atoms with Gasteiger partial charge in [-0.1, -0.05) is 0 Å². The van der Waals surface area contributed by atoms with E-state index in [-0.39, 0.29) is 5.75 Å². The van der Waals surface area contributed by atoms with Gasteiger partial charge in [-0.25, -0.2) is 4.98 Å². The van der Waals surface area contributed by atoms with Crippen molar-refractivity contribution >= 4 is 11.5 Å². The lowest BCUT2D eigenvalue weighted by Crippen LogP contribution is -2.16. The van der Waals surface area contributed by atoms with Gasteiger partial charge < -0.3 is 15.7 Å². The molecule has 5 nitrogen and oxygen atoms in total. The lowest BCUT2D eigenvalue weighted by molar-refractivity contribution is 0.475. The third-order valence-electron chi connectivity index (χ3n) is 2.50. The topological polar surface area (TPSA) is 75.3 Å². The molecule has 0 aliphatic carbocycles. The molecule has 0 amide bonds. The van der Waals surface area contributed by atoms with Gasteiger partial charge in [0, 0.05) is 31.7 Å². The third kappa shape index (κ3) is 2.34. The predicted molar refractivity (Wildman–Crippen MR) is 66.1 cm³/mol. The summed E-state index contributed by atoms with van der Waals surface area (Å²) in [6.45, 7) is 0.339. The maximum Gasteiger partial charge on any atom is 0.155 e. The maximum absolute atomic E-state index is 9.24. The van der Waals surface area contributed by atoms with E-state index in [1.165, 1.54) is 0 Å². The van der Waals surface area contributed by atoms with Gasteiger partial charge in [-0.05, 0) is 24.3 Å². The SMILES string of the molecule is CN(c1ccc(O)cc1)c1nccnc1CN. The zero-order chi connectivity index (χ0) is 12.3. The molecular weight excluding hydrogens is 216 g/mol. The van der Waals surface area contributed by atoms with Crippen LogP contribution in [0.15, 0.2) is 36.7 Å². The van der Waals surface area contributed by atoms with Crippen LogP contribution in [-0.2, 0) is 6.54 Å². The minimum atomic E-state index is 0.236. The second-order valence-corrected chi connectivity index (χ2v) is 3.61. The predicted octanol–water partition coefficient (Wildman–Crippen LogP) is 1.41. The standard InChI is InChI=1S/C12H14N4O/c1-16(9-2-4-10(17)5-3-9)12-11(8-13)14-6-7-15-12/h2-7,17H,8,13H2,1H3. The zero-order valence-electron chi connectivity index (χ0n) is 9.54. The molecule has 1 aromatic carbocycles. The number of rotatable bonds is 3. The summed E-state index contributed by atoms with van der Waals surface area (Å²) < 4.78 is 0. The zero-order valence-corrected chi connectivity index (χ0v) is 9.54. The van der Waals surface area contributed by atoms with E-state index < -0.39 is 0 Å². The van der Waals surface area contributed by atoms with E-state index in [9.17, 15) is 5.11 Å². The molecule has 0 fully saturated rings. The van der Waals surface area contributed by atoms with Crippen LogP contribution >= 0.6 is 0 Å². The highest BCUT2D eigenvalue weighted by Crippen LogP contribution is 2.24. The number of nitrogens with zero attached hydrogens (tertiary/aromatic N) is 3. The first-order valence-corrected chi connectivity index (χ1v) is 5.25. The van der Waals surface area contributed by atoms with Crippen LogP contribution in [-0.4, -0.2) is 22.1 Å². The van der Waals surface area contributed by atoms with Gasteiger partial charge in [0.2, 0.25) is 0 Å². The molecular formula is C12H14N4O. The van der Waals surface area contributed by atoms with E-state index in [2.05, 4.69) is 9.97 Å². The van der Waals surface area contributed by atoms with Crippen molar-refractivity contribution in [2.45, 2.75) is 6.54 Å². The quantitative estimate of drug-likeness (QED) is 0.833. The van der Waals surface area contributed by atoms with E-state index >= 15 is 0 Å². The fourth-order valence-electron chi connectivity index (χ4n) is 1.58. The molecule has 0 radical (unpaired) electrons. The molecule has 1 heterocycles. The molecule has 5 heteroatoms. The highest BCUT2D eigenvalue weighted by Gasteiger charge is 2.10. The summed E-state index contributed by atoms with van der Waals surface area (Å²) in [5.41, 5.74) is 7.28. The van der Waals surface area contributed by atoms with Gasteiger partial charge in [0.05, 0.1) is 5.69 Å². The van der Waals surface area contributed by atoms with Crippen LogP contribution in [0.3, 0.4) is 0 Å². The highest BCUT2D eigenvalue weighted by molar-refractivity contribution is 5.61. The van der Waals surface area contributed by atoms with Crippen LogP contribution < -0.4 is 10.6 Å². The van der Waals surface area contributed by atoms with E-state index in [0.29, 0.717) is 6.54 Å². The average Bonchev–Trinajstić information content (AvgIpc) is 2.39. The Kier molecular flexibility index (Phi) is 3.20. The van der Waals surface area contributed by atoms with Crippen LogP contribution in [0.25, 0.3) is 0 Å². The van der Waals surface area contributed by atoms with Crippen LogP contribution in [0, 0.1) is 0 Å². The molecule has 0 atom stereocenters. The van der Waals surface area contributed by atoms with Gasteiger partial charge in [-0.2, -0.15) is 0 Å². The van der Waals surface area contributed by atoms with E-state index in [1.54, 1.807) is 24.5 Å². The average molecular weight is 230 g/mol. The Morgan fingerprint density at radius 1 is 1.18 bits per heavy atom. The number of aromatic hydroxyl groups is 1. The Labute approximate surface area is 99.6 Å². The van der Waals surface area contributed by atoms with Crippen LogP contribution in [0.5, 0.6) is 5.75 Å². The molecule has 88 valence electrons. The molecule has 17 heavy (non-hydrogen) atoms. The summed E-state index contributed by atoms with van der Waals surface area (Å²) in [5, 5.41) is 9.24. The van der Waals surface area contributed by atoms with Crippen molar-refractivity contribution in [1.82, 2.24) is 9.97 Å². The molecule has 2 rings (SSSR count). The normalized spacial score (nSPS) is 10.2. The number of aromatic nitrogens is 2. The number of hydrogen-bond acceptors (Lipinski definition) is 5. The number of phenolic OH excluding ortho intramolecular Hbond substituents is 1. The molecule has 3 N–H and O–H groups in total. The van der Waals surface area contributed by atoms with Crippen LogP contribution in [0.1, 0.15) is 5.69 Å². The lowest BCUT2D eigenvalue weighted by atomic mass is 10.2. The Morgan fingerprint density at radius 2 is 1.82 bits per heavy atom. The minimum Gasteiger partial charge on any atom is -0.508 e. The van der Waals surface area contributed by atoms with Crippen molar-refractivity contribution in [3.8, 4) is 5.75 Å². The van der Waals surface area contributed by atoms with Crippen molar-refractivity contribution < 1.29 is 5.11 Å². The molecule has 0 aliphatic heterocycles. The molecule has 2 aromatic rings. The summed E-state index contributed by atoms with van der Waals surface area (Å²) in [7, 11) is 1.88. The Morgan fingerprint density at radius 3 is 2.47 bits per heavy atom. The second kappa shape index (κ2) is 4.80. The summed E-state index contributed by atoms with van der Waals surface area (Å²) in [6.07, 6.45) is 3.25. The van der Waals surface area contributed by atoms with Gasteiger partial charge in [0.15, 0.2) is 5.82 Å². The van der Waals surface area contributed by atoms with Crippen molar-refractivity contribution in [3.05, 3.63) is 42.4 Å². The largest absolute Gasteiger partial charge is 0.508 e. The summed E-state index contributed by atoms with van der Waals surface area (Å²) in [5.74, 6) is 0.959. The van der Waals surface area contributed by atoms with Gasteiger partial charge in [0.25, 0.3) is 0 Å². The van der Waals surface area contributed by atoms with Crippen molar-refractivity contribution in [1.29, 1.82) is 0 Å². The Balaban J connectivity index is 2.36. The van der Waals surface area contributed by atoms with E-state index in [0.717, 1.165) is 17.2 Å². The number of phenols is 1. The van der Waals surface area contributed by atoms with Crippen molar-refractivity contribution in [2.24, 2.45) is 5.73 Å². The molecule has 0 unspecified atom stereocenters. The summed E-state index contributed by atoms with van der Waals surface area (Å²) in [4.78, 5) is 10.3. The fraction of sp³-hybridized carbons (Fsp3) is 0.167. The molecule has 0 aliphatic rings. The highest BCUT2D eigenvalue weighted by atomic mass is 16.3. The van der Waals surface area contributed by atoms with E-state index in [1.807, 2.05) is 24.1 Å². The number of benzene rings is 1. The molecule has 0 saturated carbocycles. The molecule has 0 spiro atoms. The summed E-state index contributed by atoms with van der Waals surface area (Å²) in [6, 6.07) is 6.88. The molecule has 1 aromatic heterocycles. The van der Waals surface area contributed by atoms with Crippen LogP contribution in [0.2, 0.25) is 0 Å². The fourth-order valence-corrected chi connectivity index (χ4v) is 1.58. The smallest absolute Gasteiger partial charge is 0.155 e. The monoisotopic (exact) mass is 230 g/mol. The first kappa shape index (κ1) is 11.3. The number of hydrogen-bond donors (Lipinski definition) is 2. The lowest BCUT2D eigenvalue weighted by Gasteiger charge is -2.20. The molecule has 0 saturated heterocycles. The van der Waals surface area contributed by atoms with Gasteiger partial charge in [-0.3, -0.25) is 4.98 Å². The van der Waals surface area contributed by atoms with Crippen molar-refractivity contribution in [3.63, 3.8) is 0 Å². The Hall–Kier alpha value is -2.14. The minimum absolute atomic E-state index is 0.236. The molecule has 0 bridgehead atoms. The van der Waals surface area contributed by atoms with Gasteiger partial charge in [-0.15, -0.1) is 0 Å². The number of nitrogens with two attached hydrogens (primary N) is 1. The Bertz CT molecular complexity index is 498. The van der Waals surface area contributed by atoms with E-state index in [4.69, 9.17) is 5.73 Å². The third-order valence-corrected chi connectivity index (χ3v) is 2.50. The van der Waals surface area contributed by atoms with Crippen molar-refractivity contribution in [2.75, 3.05) is 11.9 Å². The van der Waals surface area contributed by atoms with Gasteiger partial charge in [0.1, 0.15) is 5.75 Å². The second-order valence-electron chi connectivity index (χ2n) is 3.61. The summed E-state index contributed by atoms with van der Waals surface area (Å²) >= 11 is 0. The van der Waals surface area contributed by atoms with Gasteiger partial charge >= 0.3 is 0 Å². The first-order chi connectivity index (χ1) is 8.22. The van der Waals surface area contributed by atoms with Crippen LogP contribution in [0.4, 0.5) is 11.5 Å². The first-order valence-electron chi connectivity index (χ1n) is 5.25. The maximum atomic E-state index is 9.24.